The predicted molar refractivity (Wildman–Crippen MR) is 96.0 cm³/mol. The second-order valence-electron chi connectivity index (χ2n) is 5.64. The first-order valence-corrected chi connectivity index (χ1v) is 8.28. The quantitative estimate of drug-likeness (QED) is 0.518. The minimum atomic E-state index is -4.53. The van der Waals surface area contributed by atoms with Crippen molar-refractivity contribution in [3.8, 4) is 5.75 Å². The zero-order valence-electron chi connectivity index (χ0n) is 14.3. The van der Waals surface area contributed by atoms with Gasteiger partial charge in [0.2, 0.25) is 5.91 Å². The van der Waals surface area contributed by atoms with Crippen molar-refractivity contribution in [2.24, 2.45) is 0 Å². The summed E-state index contributed by atoms with van der Waals surface area (Å²) < 4.78 is 44.3. The molecule has 0 saturated carbocycles. The molecular weight excluding hydrogens is 343 g/mol. The van der Waals surface area contributed by atoms with E-state index in [9.17, 15) is 18.0 Å². The average Bonchev–Trinajstić information content (AvgIpc) is 2.61. The second kappa shape index (κ2) is 9.08. The Balaban J connectivity index is 1.98. The van der Waals surface area contributed by atoms with Crippen molar-refractivity contribution in [3.63, 3.8) is 0 Å². The van der Waals surface area contributed by atoms with Gasteiger partial charge in [-0.3, -0.25) is 4.79 Å². The number of benzene rings is 2. The largest absolute Gasteiger partial charge is 0.494 e. The summed E-state index contributed by atoms with van der Waals surface area (Å²) in [7, 11) is 0. The van der Waals surface area contributed by atoms with E-state index in [4.69, 9.17) is 4.74 Å². The van der Waals surface area contributed by atoms with E-state index in [2.05, 4.69) is 12.2 Å². The third-order valence-electron chi connectivity index (χ3n) is 3.56. The first-order chi connectivity index (χ1) is 12.4. The zero-order chi connectivity index (χ0) is 19.0. The van der Waals surface area contributed by atoms with Crippen LogP contribution in [0.25, 0.3) is 6.08 Å². The van der Waals surface area contributed by atoms with Gasteiger partial charge in [0, 0.05) is 6.08 Å². The molecule has 0 unspecified atom stereocenters. The third kappa shape index (κ3) is 5.95. The summed E-state index contributed by atoms with van der Waals surface area (Å²) in [4.78, 5) is 11.9. The molecule has 3 nitrogen and oxygen atoms in total. The van der Waals surface area contributed by atoms with Crippen LogP contribution in [0.4, 0.5) is 18.9 Å². The van der Waals surface area contributed by atoms with E-state index in [1.807, 2.05) is 0 Å². The van der Waals surface area contributed by atoms with Gasteiger partial charge in [-0.25, -0.2) is 0 Å². The number of carbonyl (C=O) groups is 1. The molecule has 0 aromatic heterocycles. The van der Waals surface area contributed by atoms with E-state index < -0.39 is 17.6 Å². The third-order valence-corrected chi connectivity index (χ3v) is 3.56. The first kappa shape index (κ1) is 19.6. The zero-order valence-corrected chi connectivity index (χ0v) is 14.3. The lowest BCUT2D eigenvalue weighted by molar-refractivity contribution is -0.136. The van der Waals surface area contributed by atoms with E-state index in [0.717, 1.165) is 30.2 Å². The maximum atomic E-state index is 12.9. The highest BCUT2D eigenvalue weighted by Gasteiger charge is 2.33. The van der Waals surface area contributed by atoms with E-state index in [-0.39, 0.29) is 5.69 Å². The number of amides is 1. The first-order valence-electron chi connectivity index (χ1n) is 8.28. The predicted octanol–water partition coefficient (Wildman–Crippen LogP) is 5.54. The van der Waals surface area contributed by atoms with Gasteiger partial charge < -0.3 is 10.1 Å². The summed E-state index contributed by atoms with van der Waals surface area (Å²) >= 11 is 0. The van der Waals surface area contributed by atoms with Crippen LogP contribution in [0, 0.1) is 0 Å². The van der Waals surface area contributed by atoms with Crippen molar-refractivity contribution in [2.75, 3.05) is 11.9 Å². The smallest absolute Gasteiger partial charge is 0.418 e. The van der Waals surface area contributed by atoms with Crippen molar-refractivity contribution in [1.29, 1.82) is 0 Å². The number of para-hydroxylation sites is 1. The van der Waals surface area contributed by atoms with Gasteiger partial charge in [0.25, 0.3) is 0 Å². The topological polar surface area (TPSA) is 38.3 Å². The summed E-state index contributed by atoms with van der Waals surface area (Å²) in [5.41, 5.74) is -0.406. The van der Waals surface area contributed by atoms with Crippen molar-refractivity contribution >= 4 is 17.7 Å². The molecule has 1 amide bonds. The van der Waals surface area contributed by atoms with Gasteiger partial charge in [-0.1, -0.05) is 37.6 Å². The van der Waals surface area contributed by atoms with Crippen molar-refractivity contribution in [3.05, 3.63) is 65.7 Å². The Kier molecular flexibility index (Phi) is 6.83. The van der Waals surface area contributed by atoms with Crippen molar-refractivity contribution in [2.45, 2.75) is 25.9 Å². The Morgan fingerprint density at radius 2 is 1.81 bits per heavy atom. The molecule has 0 spiro atoms. The molecule has 0 radical (unpaired) electrons. The summed E-state index contributed by atoms with van der Waals surface area (Å²) in [6.45, 7) is 2.72. The highest BCUT2D eigenvalue weighted by molar-refractivity contribution is 6.02. The van der Waals surface area contributed by atoms with E-state index in [0.29, 0.717) is 6.61 Å². The minimum Gasteiger partial charge on any atom is -0.494 e. The van der Waals surface area contributed by atoms with Crippen LogP contribution in [-0.4, -0.2) is 12.5 Å². The van der Waals surface area contributed by atoms with Crippen molar-refractivity contribution < 1.29 is 22.7 Å². The van der Waals surface area contributed by atoms with Crippen LogP contribution in [0.1, 0.15) is 30.9 Å². The van der Waals surface area contributed by atoms with Gasteiger partial charge >= 0.3 is 6.18 Å². The molecule has 2 aromatic rings. The molecule has 0 atom stereocenters. The normalized spacial score (nSPS) is 11.5. The van der Waals surface area contributed by atoms with Crippen LogP contribution >= 0.6 is 0 Å². The van der Waals surface area contributed by atoms with Crippen LogP contribution in [0.2, 0.25) is 0 Å². The summed E-state index contributed by atoms with van der Waals surface area (Å²) in [5.74, 6) is 0.101. The standard InChI is InChI=1S/C20H20F3NO2/c1-2-3-14-26-16-11-8-15(9-12-16)10-13-19(25)24-18-7-5-4-6-17(18)20(21,22)23/h4-13H,2-3,14H2,1H3,(H,24,25)/b13-10+. The maximum absolute atomic E-state index is 12.9. The van der Waals surface area contributed by atoms with Crippen molar-refractivity contribution in [1.82, 2.24) is 0 Å². The number of hydrogen-bond acceptors (Lipinski definition) is 2. The van der Waals surface area contributed by atoms with Gasteiger partial charge in [-0.2, -0.15) is 13.2 Å². The molecule has 6 heteroatoms. The number of hydrogen-bond donors (Lipinski definition) is 1. The molecule has 26 heavy (non-hydrogen) atoms. The number of alkyl halides is 3. The summed E-state index contributed by atoms with van der Waals surface area (Å²) in [6, 6.07) is 12.0. The Labute approximate surface area is 150 Å². The Bertz CT molecular complexity index is 752. The Hall–Kier alpha value is -2.76. The highest BCUT2D eigenvalue weighted by Crippen LogP contribution is 2.34. The molecule has 138 valence electrons. The SMILES string of the molecule is CCCCOc1ccc(/C=C/C(=O)Nc2ccccc2C(F)(F)F)cc1. The summed E-state index contributed by atoms with van der Waals surface area (Å²) in [5, 5.41) is 2.26. The second-order valence-corrected chi connectivity index (χ2v) is 5.64. The van der Waals surface area contributed by atoms with Crippen LogP contribution in [0.3, 0.4) is 0 Å². The van der Waals surface area contributed by atoms with Gasteiger partial charge in [0.1, 0.15) is 5.75 Å². The number of unbranched alkanes of at least 4 members (excludes halogenated alkanes) is 1. The molecular formula is C20H20F3NO2. The number of nitrogens with one attached hydrogen (secondary N) is 1. The average molecular weight is 363 g/mol. The van der Waals surface area contributed by atoms with Gasteiger partial charge in [0.15, 0.2) is 0 Å². The fraction of sp³-hybridized carbons (Fsp3) is 0.250. The molecule has 2 aromatic carbocycles. The molecule has 0 heterocycles. The van der Waals surface area contributed by atoms with Crippen LogP contribution in [0.15, 0.2) is 54.6 Å². The van der Waals surface area contributed by atoms with Crippen LogP contribution in [-0.2, 0) is 11.0 Å². The van der Waals surface area contributed by atoms with Crippen LogP contribution < -0.4 is 10.1 Å². The minimum absolute atomic E-state index is 0.269. The Morgan fingerprint density at radius 3 is 2.46 bits per heavy atom. The van der Waals surface area contributed by atoms with E-state index in [1.54, 1.807) is 24.3 Å². The van der Waals surface area contributed by atoms with E-state index in [1.165, 1.54) is 30.4 Å². The lowest BCUT2D eigenvalue weighted by Crippen LogP contribution is -2.14. The van der Waals surface area contributed by atoms with Gasteiger partial charge in [-0.05, 0) is 42.3 Å². The van der Waals surface area contributed by atoms with Gasteiger partial charge in [-0.15, -0.1) is 0 Å². The lowest BCUT2D eigenvalue weighted by atomic mass is 10.1. The Morgan fingerprint density at radius 1 is 1.12 bits per heavy atom. The molecule has 0 saturated heterocycles. The monoisotopic (exact) mass is 363 g/mol. The molecule has 0 aliphatic carbocycles. The molecule has 0 fully saturated rings. The van der Waals surface area contributed by atoms with E-state index >= 15 is 0 Å². The molecule has 1 N–H and O–H groups in total. The fourth-order valence-corrected chi connectivity index (χ4v) is 2.20. The number of carbonyl (C=O) groups excluding carboxylic acids is 1. The molecule has 0 bridgehead atoms. The molecule has 2 rings (SSSR count). The summed E-state index contributed by atoms with van der Waals surface area (Å²) in [6.07, 6.45) is 0.220. The number of halogens is 3. The van der Waals surface area contributed by atoms with Gasteiger partial charge in [0.05, 0.1) is 17.9 Å². The molecule has 0 aliphatic heterocycles. The lowest BCUT2D eigenvalue weighted by Gasteiger charge is -2.12. The number of ether oxygens (including phenoxy) is 1. The molecule has 0 aliphatic rings. The number of anilines is 1. The highest BCUT2D eigenvalue weighted by atomic mass is 19.4. The fourth-order valence-electron chi connectivity index (χ4n) is 2.20. The van der Waals surface area contributed by atoms with Crippen LogP contribution in [0.5, 0.6) is 5.75 Å². The number of rotatable bonds is 7. The maximum Gasteiger partial charge on any atom is 0.418 e.